The number of nitrogens with two attached hydrogens (primary N) is 1. The standard InChI is InChI=1S/C24H20FNO3S/c1-14-11-15(7-9-21(14)28-2)22-10-8-16(30-22)12-18-19(13-29-23(18)24(26)27)17-5-3-4-6-20(17)25/h3-11,13H,12H2,1-2H3,(H2,26,27). The highest BCUT2D eigenvalue weighted by Crippen LogP contribution is 2.36. The Labute approximate surface area is 177 Å². The quantitative estimate of drug-likeness (QED) is 0.427. The molecule has 0 unspecified atom stereocenters. The number of carbonyl (C=O) groups excluding carboxylic acids is 1. The number of hydrogen-bond acceptors (Lipinski definition) is 4. The summed E-state index contributed by atoms with van der Waals surface area (Å²) in [4.78, 5) is 14.0. The zero-order valence-electron chi connectivity index (χ0n) is 16.6. The van der Waals surface area contributed by atoms with Crippen molar-refractivity contribution in [1.82, 2.24) is 0 Å². The minimum Gasteiger partial charge on any atom is -0.496 e. The molecule has 0 saturated heterocycles. The van der Waals surface area contributed by atoms with Crippen LogP contribution in [-0.4, -0.2) is 13.0 Å². The lowest BCUT2D eigenvalue weighted by molar-refractivity contribution is 0.0973. The van der Waals surface area contributed by atoms with Crippen molar-refractivity contribution in [2.45, 2.75) is 13.3 Å². The first-order valence-electron chi connectivity index (χ1n) is 9.36. The van der Waals surface area contributed by atoms with Gasteiger partial charge in [0.25, 0.3) is 5.91 Å². The molecular formula is C24H20FNO3S. The lowest BCUT2D eigenvalue weighted by atomic mass is 9.99. The van der Waals surface area contributed by atoms with E-state index in [1.54, 1.807) is 36.6 Å². The summed E-state index contributed by atoms with van der Waals surface area (Å²) in [5.74, 6) is -0.149. The molecule has 152 valence electrons. The van der Waals surface area contributed by atoms with Crippen LogP contribution in [0.2, 0.25) is 0 Å². The Hall–Kier alpha value is -3.38. The Morgan fingerprint density at radius 2 is 1.93 bits per heavy atom. The van der Waals surface area contributed by atoms with Crippen LogP contribution in [0.4, 0.5) is 4.39 Å². The molecule has 0 saturated carbocycles. The van der Waals surface area contributed by atoms with Crippen molar-refractivity contribution in [2.24, 2.45) is 5.73 Å². The number of hydrogen-bond donors (Lipinski definition) is 1. The molecule has 2 aromatic heterocycles. The Morgan fingerprint density at radius 1 is 1.13 bits per heavy atom. The molecule has 30 heavy (non-hydrogen) atoms. The predicted octanol–water partition coefficient (Wildman–Crippen LogP) is 5.82. The van der Waals surface area contributed by atoms with Gasteiger partial charge in [-0.2, -0.15) is 0 Å². The van der Waals surface area contributed by atoms with Crippen LogP contribution in [0.3, 0.4) is 0 Å². The molecule has 4 nitrogen and oxygen atoms in total. The molecule has 2 N–H and O–H groups in total. The van der Waals surface area contributed by atoms with E-state index in [1.807, 2.05) is 31.2 Å². The second-order valence-corrected chi connectivity index (χ2v) is 8.10. The van der Waals surface area contributed by atoms with Crippen molar-refractivity contribution in [2.75, 3.05) is 7.11 Å². The van der Waals surface area contributed by atoms with E-state index in [0.29, 0.717) is 23.1 Å². The van der Waals surface area contributed by atoms with E-state index in [0.717, 1.165) is 26.6 Å². The van der Waals surface area contributed by atoms with Gasteiger partial charge in [0, 0.05) is 32.9 Å². The van der Waals surface area contributed by atoms with Crippen LogP contribution in [0.1, 0.15) is 26.6 Å². The number of methoxy groups -OCH3 is 1. The van der Waals surface area contributed by atoms with E-state index in [2.05, 4.69) is 6.07 Å². The van der Waals surface area contributed by atoms with Crippen LogP contribution < -0.4 is 10.5 Å². The SMILES string of the molecule is COc1ccc(-c2ccc(Cc3c(-c4ccccc4F)coc3C(N)=O)s2)cc1C. The van der Waals surface area contributed by atoms with Gasteiger partial charge in [0.15, 0.2) is 5.76 Å². The molecule has 0 aliphatic rings. The fourth-order valence-electron chi connectivity index (χ4n) is 3.50. The largest absolute Gasteiger partial charge is 0.496 e. The van der Waals surface area contributed by atoms with Crippen molar-refractivity contribution in [3.05, 3.63) is 88.4 Å². The molecule has 0 spiro atoms. The van der Waals surface area contributed by atoms with E-state index < -0.39 is 5.91 Å². The topological polar surface area (TPSA) is 65.5 Å². The molecule has 6 heteroatoms. The van der Waals surface area contributed by atoms with Crippen molar-refractivity contribution >= 4 is 17.2 Å². The number of halogens is 1. The Kier molecular flexibility index (Phi) is 5.42. The summed E-state index contributed by atoms with van der Waals surface area (Å²) in [6.07, 6.45) is 1.81. The van der Waals surface area contributed by atoms with Gasteiger partial charge < -0.3 is 14.9 Å². The zero-order valence-corrected chi connectivity index (χ0v) is 17.4. The first-order chi connectivity index (χ1) is 14.5. The summed E-state index contributed by atoms with van der Waals surface area (Å²) < 4.78 is 25.1. The van der Waals surface area contributed by atoms with Crippen LogP contribution in [-0.2, 0) is 6.42 Å². The highest BCUT2D eigenvalue weighted by Gasteiger charge is 2.22. The van der Waals surface area contributed by atoms with Crippen LogP contribution in [0.5, 0.6) is 5.75 Å². The van der Waals surface area contributed by atoms with Crippen molar-refractivity contribution < 1.29 is 18.3 Å². The maximum Gasteiger partial charge on any atom is 0.284 e. The maximum absolute atomic E-state index is 14.4. The van der Waals surface area contributed by atoms with Gasteiger partial charge in [0.2, 0.25) is 0 Å². The average Bonchev–Trinajstić information content (AvgIpc) is 3.36. The number of thiophene rings is 1. The summed E-state index contributed by atoms with van der Waals surface area (Å²) in [6, 6.07) is 16.5. The van der Waals surface area contributed by atoms with E-state index >= 15 is 0 Å². The molecule has 4 aromatic rings. The summed E-state index contributed by atoms with van der Waals surface area (Å²) in [5, 5.41) is 0. The third-order valence-corrected chi connectivity index (χ3v) is 6.11. The van der Waals surface area contributed by atoms with Gasteiger partial charge in [-0.25, -0.2) is 4.39 Å². The molecule has 0 radical (unpaired) electrons. The van der Waals surface area contributed by atoms with E-state index in [4.69, 9.17) is 14.9 Å². The fraction of sp³-hybridized carbons (Fsp3) is 0.125. The number of furan rings is 1. The third kappa shape index (κ3) is 3.74. The Balaban J connectivity index is 1.70. The van der Waals surface area contributed by atoms with Gasteiger partial charge in [-0.05, 0) is 54.4 Å². The van der Waals surface area contributed by atoms with E-state index in [-0.39, 0.29) is 11.6 Å². The lowest BCUT2D eigenvalue weighted by Gasteiger charge is -2.06. The molecule has 2 heterocycles. The molecule has 2 aromatic carbocycles. The highest BCUT2D eigenvalue weighted by atomic mass is 32.1. The van der Waals surface area contributed by atoms with Crippen molar-refractivity contribution in [3.63, 3.8) is 0 Å². The number of rotatable bonds is 6. The average molecular weight is 421 g/mol. The summed E-state index contributed by atoms with van der Waals surface area (Å²) in [5.41, 5.74) is 9.15. The number of aryl methyl sites for hydroxylation is 1. The highest BCUT2D eigenvalue weighted by molar-refractivity contribution is 7.15. The molecule has 0 aliphatic heterocycles. The predicted molar refractivity (Wildman–Crippen MR) is 116 cm³/mol. The lowest BCUT2D eigenvalue weighted by Crippen LogP contribution is -2.12. The van der Waals surface area contributed by atoms with Crippen LogP contribution in [0.25, 0.3) is 21.6 Å². The Morgan fingerprint density at radius 3 is 2.63 bits per heavy atom. The Bertz CT molecular complexity index is 1220. The monoisotopic (exact) mass is 421 g/mol. The minimum atomic E-state index is -0.671. The molecule has 4 rings (SSSR count). The van der Waals surface area contributed by atoms with Gasteiger partial charge in [0.05, 0.1) is 13.4 Å². The summed E-state index contributed by atoms with van der Waals surface area (Å²) in [7, 11) is 1.65. The molecule has 0 aliphatic carbocycles. The molecule has 0 atom stereocenters. The molecule has 0 bridgehead atoms. The number of amides is 1. The van der Waals surface area contributed by atoms with Gasteiger partial charge in [-0.15, -0.1) is 11.3 Å². The van der Waals surface area contributed by atoms with Crippen molar-refractivity contribution in [3.8, 4) is 27.3 Å². The number of carbonyl (C=O) groups is 1. The van der Waals surface area contributed by atoms with Crippen molar-refractivity contribution in [1.29, 1.82) is 0 Å². The second kappa shape index (κ2) is 8.16. The van der Waals surface area contributed by atoms with E-state index in [9.17, 15) is 9.18 Å². The first kappa shape index (κ1) is 19.9. The summed E-state index contributed by atoms with van der Waals surface area (Å²) in [6.45, 7) is 2.00. The molecular weight excluding hydrogens is 401 g/mol. The van der Waals surface area contributed by atoms with Gasteiger partial charge in [-0.3, -0.25) is 4.79 Å². The van der Waals surface area contributed by atoms with Gasteiger partial charge in [0.1, 0.15) is 11.6 Å². The van der Waals surface area contributed by atoms with Crippen LogP contribution in [0.15, 0.2) is 65.3 Å². The maximum atomic E-state index is 14.4. The third-order valence-electron chi connectivity index (χ3n) is 4.97. The summed E-state index contributed by atoms with van der Waals surface area (Å²) >= 11 is 1.61. The second-order valence-electron chi connectivity index (χ2n) is 6.93. The molecule has 1 amide bonds. The van der Waals surface area contributed by atoms with Crippen LogP contribution >= 0.6 is 11.3 Å². The van der Waals surface area contributed by atoms with Gasteiger partial charge >= 0.3 is 0 Å². The zero-order chi connectivity index (χ0) is 21.3. The van der Waals surface area contributed by atoms with Gasteiger partial charge in [-0.1, -0.05) is 18.2 Å². The first-order valence-corrected chi connectivity index (χ1v) is 10.2. The number of primary amides is 1. The normalized spacial score (nSPS) is 10.9. The molecule has 0 fully saturated rings. The minimum absolute atomic E-state index is 0.0588. The van der Waals surface area contributed by atoms with E-state index in [1.165, 1.54) is 12.3 Å². The number of ether oxygens (including phenoxy) is 1. The number of benzene rings is 2. The fourth-order valence-corrected chi connectivity index (χ4v) is 4.52. The van der Waals surface area contributed by atoms with Crippen LogP contribution in [0, 0.1) is 12.7 Å². The smallest absolute Gasteiger partial charge is 0.284 e.